The molecule has 0 atom stereocenters. The normalized spacial score (nSPS) is 10.8. The minimum Gasteiger partial charge on any atom is -0.490 e. The Kier molecular flexibility index (Phi) is 8.61. The van der Waals surface area contributed by atoms with Crippen molar-refractivity contribution in [2.75, 3.05) is 13.2 Å². The summed E-state index contributed by atoms with van der Waals surface area (Å²) >= 11 is 9.63. The van der Waals surface area contributed by atoms with Crippen molar-refractivity contribution >= 4 is 27.5 Å². The molecule has 0 unspecified atom stereocenters. The molecule has 0 aliphatic carbocycles. The number of hydrogen-bond donors (Lipinski definition) is 1. The number of halogens is 2. The van der Waals surface area contributed by atoms with E-state index >= 15 is 0 Å². The molecule has 0 fully saturated rings. The first-order valence-electron chi connectivity index (χ1n) is 10.1. The smallest absolute Gasteiger partial charge is 0.162 e. The third-order valence-electron chi connectivity index (χ3n) is 4.88. The summed E-state index contributed by atoms with van der Waals surface area (Å²) < 4.78 is 13.0. The summed E-state index contributed by atoms with van der Waals surface area (Å²) in [5.74, 6) is 1.51. The number of rotatable bonds is 10. The van der Waals surface area contributed by atoms with Crippen LogP contribution in [0.3, 0.4) is 0 Å². The van der Waals surface area contributed by atoms with Gasteiger partial charge < -0.3 is 14.8 Å². The Labute approximate surface area is 192 Å². The van der Waals surface area contributed by atoms with E-state index in [0.29, 0.717) is 13.2 Å². The molecule has 0 saturated heterocycles. The van der Waals surface area contributed by atoms with Crippen molar-refractivity contribution in [2.24, 2.45) is 0 Å². The molecule has 3 aromatic rings. The molecule has 0 amide bonds. The lowest BCUT2D eigenvalue weighted by Crippen LogP contribution is -2.17. The van der Waals surface area contributed by atoms with Crippen LogP contribution in [-0.2, 0) is 19.6 Å². The van der Waals surface area contributed by atoms with Gasteiger partial charge >= 0.3 is 0 Å². The van der Waals surface area contributed by atoms with Crippen molar-refractivity contribution in [2.45, 2.75) is 33.4 Å². The van der Waals surface area contributed by atoms with Crippen molar-refractivity contribution < 1.29 is 9.47 Å². The van der Waals surface area contributed by atoms with Crippen LogP contribution < -0.4 is 14.8 Å². The Hall–Kier alpha value is -2.01. The van der Waals surface area contributed by atoms with Gasteiger partial charge in [-0.15, -0.1) is 0 Å². The fourth-order valence-electron chi connectivity index (χ4n) is 3.13. The second kappa shape index (κ2) is 11.4. The maximum Gasteiger partial charge on any atom is 0.162 e. The number of nitrogens with one attached hydrogen (secondary N) is 1. The summed E-state index contributed by atoms with van der Waals surface area (Å²) in [6, 6.07) is 20.3. The highest BCUT2D eigenvalue weighted by atomic mass is 79.9. The molecule has 30 heavy (non-hydrogen) atoms. The first-order chi connectivity index (χ1) is 14.6. The Morgan fingerprint density at radius 3 is 2.40 bits per heavy atom. The third kappa shape index (κ3) is 6.49. The summed E-state index contributed by atoms with van der Waals surface area (Å²) in [6.07, 6.45) is 0.949. The van der Waals surface area contributed by atoms with E-state index in [-0.39, 0.29) is 0 Å². The van der Waals surface area contributed by atoms with E-state index in [0.717, 1.165) is 46.1 Å². The van der Waals surface area contributed by atoms with Crippen LogP contribution in [0.1, 0.15) is 29.2 Å². The molecule has 5 heteroatoms. The SMILES string of the molecule is CCOc1cc(CNCCc2ccc(Cl)cc2)c(Br)cc1OCc1ccccc1C. The molecule has 0 bridgehead atoms. The molecule has 0 aromatic heterocycles. The van der Waals surface area contributed by atoms with Gasteiger partial charge in [-0.25, -0.2) is 0 Å². The van der Waals surface area contributed by atoms with Gasteiger partial charge in [0.15, 0.2) is 11.5 Å². The topological polar surface area (TPSA) is 30.5 Å². The van der Waals surface area contributed by atoms with Gasteiger partial charge in [-0.05, 0) is 73.3 Å². The van der Waals surface area contributed by atoms with Crippen LogP contribution in [0.25, 0.3) is 0 Å². The Balaban J connectivity index is 1.61. The molecule has 1 N–H and O–H groups in total. The second-order valence-electron chi connectivity index (χ2n) is 7.09. The lowest BCUT2D eigenvalue weighted by Gasteiger charge is -2.16. The van der Waals surface area contributed by atoms with Crippen molar-refractivity contribution in [1.29, 1.82) is 0 Å². The largest absolute Gasteiger partial charge is 0.490 e. The van der Waals surface area contributed by atoms with E-state index in [1.165, 1.54) is 16.7 Å². The molecule has 0 aliphatic rings. The van der Waals surface area contributed by atoms with Gasteiger partial charge in [0.2, 0.25) is 0 Å². The third-order valence-corrected chi connectivity index (χ3v) is 5.87. The molecule has 3 nitrogen and oxygen atoms in total. The molecule has 3 rings (SSSR count). The molecule has 158 valence electrons. The number of benzene rings is 3. The number of ether oxygens (including phenoxy) is 2. The molecule has 0 aliphatic heterocycles. The minimum absolute atomic E-state index is 0.512. The Morgan fingerprint density at radius 2 is 1.67 bits per heavy atom. The highest BCUT2D eigenvalue weighted by Gasteiger charge is 2.12. The first-order valence-corrected chi connectivity index (χ1v) is 11.3. The van der Waals surface area contributed by atoms with Crippen LogP contribution in [0.2, 0.25) is 5.02 Å². The van der Waals surface area contributed by atoms with Crippen LogP contribution in [0, 0.1) is 6.92 Å². The molecule has 0 saturated carbocycles. The van der Waals surface area contributed by atoms with Gasteiger partial charge in [-0.2, -0.15) is 0 Å². The average molecular weight is 489 g/mol. The highest BCUT2D eigenvalue weighted by Crippen LogP contribution is 2.34. The van der Waals surface area contributed by atoms with Crippen LogP contribution in [0.4, 0.5) is 0 Å². The first kappa shape index (κ1) is 22.7. The van der Waals surface area contributed by atoms with Gasteiger partial charge in [0, 0.05) is 16.0 Å². The Morgan fingerprint density at radius 1 is 0.933 bits per heavy atom. The fraction of sp³-hybridized carbons (Fsp3) is 0.280. The van der Waals surface area contributed by atoms with Gasteiger partial charge in [0.1, 0.15) is 6.61 Å². The van der Waals surface area contributed by atoms with Gasteiger partial charge in [0.05, 0.1) is 6.61 Å². The van der Waals surface area contributed by atoms with E-state index in [2.05, 4.69) is 58.5 Å². The van der Waals surface area contributed by atoms with Gasteiger partial charge in [-0.3, -0.25) is 0 Å². The summed E-state index contributed by atoms with van der Waals surface area (Å²) in [7, 11) is 0. The van der Waals surface area contributed by atoms with Crippen molar-refractivity contribution in [3.63, 3.8) is 0 Å². The average Bonchev–Trinajstić information content (AvgIpc) is 2.74. The van der Waals surface area contributed by atoms with Crippen molar-refractivity contribution in [3.8, 4) is 11.5 Å². The molecular formula is C25H27BrClNO2. The number of hydrogen-bond acceptors (Lipinski definition) is 3. The minimum atomic E-state index is 0.512. The molecule has 0 radical (unpaired) electrons. The van der Waals surface area contributed by atoms with Gasteiger partial charge in [0.25, 0.3) is 0 Å². The van der Waals surface area contributed by atoms with Crippen LogP contribution >= 0.6 is 27.5 Å². The van der Waals surface area contributed by atoms with Crippen LogP contribution in [0.15, 0.2) is 65.1 Å². The predicted octanol–water partition coefficient (Wildman–Crippen LogP) is 6.72. The maximum absolute atomic E-state index is 6.10. The highest BCUT2D eigenvalue weighted by molar-refractivity contribution is 9.10. The molecular weight excluding hydrogens is 462 g/mol. The molecule has 0 spiro atoms. The fourth-order valence-corrected chi connectivity index (χ4v) is 3.72. The molecule has 3 aromatic carbocycles. The summed E-state index contributed by atoms with van der Waals surface area (Å²) in [5, 5.41) is 4.27. The summed E-state index contributed by atoms with van der Waals surface area (Å²) in [4.78, 5) is 0. The van der Waals surface area contributed by atoms with Gasteiger partial charge in [-0.1, -0.05) is 63.9 Å². The zero-order valence-corrected chi connectivity index (χ0v) is 19.7. The Bertz CT molecular complexity index is 960. The zero-order valence-electron chi connectivity index (χ0n) is 17.4. The van der Waals surface area contributed by atoms with Crippen LogP contribution in [0.5, 0.6) is 11.5 Å². The molecule has 0 heterocycles. The zero-order chi connectivity index (χ0) is 21.3. The monoisotopic (exact) mass is 487 g/mol. The summed E-state index contributed by atoms with van der Waals surface area (Å²) in [5.41, 5.74) is 4.79. The number of aryl methyl sites for hydroxylation is 1. The van der Waals surface area contributed by atoms with Crippen LogP contribution in [-0.4, -0.2) is 13.2 Å². The lowest BCUT2D eigenvalue weighted by atomic mass is 10.1. The van der Waals surface area contributed by atoms with Crippen molar-refractivity contribution in [1.82, 2.24) is 5.32 Å². The quantitative estimate of drug-likeness (QED) is 0.321. The lowest BCUT2D eigenvalue weighted by molar-refractivity contribution is 0.268. The van der Waals surface area contributed by atoms with E-state index in [1.54, 1.807) is 0 Å². The van der Waals surface area contributed by atoms with E-state index < -0.39 is 0 Å². The van der Waals surface area contributed by atoms with E-state index in [1.807, 2.05) is 37.3 Å². The van der Waals surface area contributed by atoms with E-state index in [9.17, 15) is 0 Å². The maximum atomic E-state index is 6.10. The van der Waals surface area contributed by atoms with E-state index in [4.69, 9.17) is 21.1 Å². The second-order valence-corrected chi connectivity index (χ2v) is 8.38. The predicted molar refractivity (Wildman–Crippen MR) is 128 cm³/mol. The standard InChI is InChI=1S/C25H27BrClNO2/c1-3-29-24-14-21(16-28-13-12-19-8-10-22(27)11-9-19)23(26)15-25(24)30-17-20-7-5-4-6-18(20)2/h4-11,14-15,28H,3,12-13,16-17H2,1-2H3. The summed E-state index contributed by atoms with van der Waals surface area (Å²) in [6.45, 7) is 6.80. The van der Waals surface area contributed by atoms with Crippen molar-refractivity contribution in [3.05, 3.63) is 92.4 Å².